The van der Waals surface area contributed by atoms with Crippen molar-refractivity contribution in [2.24, 2.45) is 5.92 Å². The Bertz CT molecular complexity index is 491. The number of likely N-dealkylation sites (N-methyl/N-ethyl adjacent to an activating group) is 1. The highest BCUT2D eigenvalue weighted by molar-refractivity contribution is 5.92. The van der Waals surface area contributed by atoms with Gasteiger partial charge in [0.2, 0.25) is 5.91 Å². The minimum Gasteiger partial charge on any atom is -0.342 e. The number of hydrogen-bond acceptors (Lipinski definition) is 2. The quantitative estimate of drug-likeness (QED) is 0.902. The molecule has 0 spiro atoms. The standard InChI is InChI=1S/C18H26N2O/c1-3-20(4-2)17(21)18(14-9-6-5-7-10-14)13-15(18)16-11-8-12-19-16/h5-7,9-10,15-16,19H,3-4,8,11-13H2,1-2H3/t15?,16?,18-/m0/s1. The Labute approximate surface area is 127 Å². The number of carbonyl (C=O) groups excluding carboxylic acids is 1. The Balaban J connectivity index is 1.91. The van der Waals surface area contributed by atoms with Gasteiger partial charge in [-0.15, -0.1) is 0 Å². The summed E-state index contributed by atoms with van der Waals surface area (Å²) >= 11 is 0. The van der Waals surface area contributed by atoms with Crippen LogP contribution >= 0.6 is 0 Å². The van der Waals surface area contributed by atoms with Crippen molar-refractivity contribution >= 4 is 5.91 Å². The lowest BCUT2D eigenvalue weighted by Gasteiger charge is -2.27. The fourth-order valence-electron chi connectivity index (χ4n) is 4.06. The Hall–Kier alpha value is -1.35. The Morgan fingerprint density at radius 1 is 1.29 bits per heavy atom. The number of nitrogens with one attached hydrogen (secondary N) is 1. The highest BCUT2D eigenvalue weighted by Gasteiger charge is 2.64. The smallest absolute Gasteiger partial charge is 0.233 e. The topological polar surface area (TPSA) is 32.3 Å². The molecule has 2 fully saturated rings. The van der Waals surface area contributed by atoms with Gasteiger partial charge in [-0.2, -0.15) is 0 Å². The second kappa shape index (κ2) is 5.80. The second-order valence-electron chi connectivity index (χ2n) is 6.33. The molecule has 114 valence electrons. The van der Waals surface area contributed by atoms with Gasteiger partial charge in [-0.05, 0) is 51.1 Å². The molecule has 1 saturated heterocycles. The van der Waals surface area contributed by atoms with Crippen LogP contribution in [-0.4, -0.2) is 36.5 Å². The van der Waals surface area contributed by atoms with E-state index in [0.717, 1.165) is 26.1 Å². The third-order valence-electron chi connectivity index (χ3n) is 5.32. The van der Waals surface area contributed by atoms with Crippen molar-refractivity contribution in [3.05, 3.63) is 35.9 Å². The summed E-state index contributed by atoms with van der Waals surface area (Å²) in [5.74, 6) is 0.799. The Morgan fingerprint density at radius 3 is 2.57 bits per heavy atom. The lowest BCUT2D eigenvalue weighted by molar-refractivity contribution is -0.134. The summed E-state index contributed by atoms with van der Waals surface area (Å²) in [6.07, 6.45) is 3.46. The average Bonchev–Trinajstić information content (AvgIpc) is 3.06. The van der Waals surface area contributed by atoms with E-state index in [-0.39, 0.29) is 5.41 Å². The highest BCUT2D eigenvalue weighted by atomic mass is 16.2. The maximum absolute atomic E-state index is 13.2. The molecule has 0 bridgehead atoms. The monoisotopic (exact) mass is 286 g/mol. The maximum Gasteiger partial charge on any atom is 0.233 e. The van der Waals surface area contributed by atoms with Crippen LogP contribution < -0.4 is 5.32 Å². The molecule has 3 heteroatoms. The van der Waals surface area contributed by atoms with E-state index in [1.165, 1.54) is 18.4 Å². The van der Waals surface area contributed by atoms with Crippen LogP contribution in [0, 0.1) is 5.92 Å². The maximum atomic E-state index is 13.2. The average molecular weight is 286 g/mol. The van der Waals surface area contributed by atoms with Gasteiger partial charge >= 0.3 is 0 Å². The van der Waals surface area contributed by atoms with Crippen molar-refractivity contribution in [2.75, 3.05) is 19.6 Å². The van der Waals surface area contributed by atoms with Crippen LogP contribution in [0.25, 0.3) is 0 Å². The van der Waals surface area contributed by atoms with Gasteiger partial charge in [0, 0.05) is 19.1 Å². The summed E-state index contributed by atoms with van der Waals surface area (Å²) in [5, 5.41) is 3.60. The molecule has 1 amide bonds. The minimum atomic E-state index is -0.269. The van der Waals surface area contributed by atoms with Crippen LogP contribution in [0.15, 0.2) is 30.3 Å². The first kappa shape index (κ1) is 14.6. The van der Waals surface area contributed by atoms with Crippen molar-refractivity contribution in [1.82, 2.24) is 10.2 Å². The van der Waals surface area contributed by atoms with Gasteiger partial charge in [-0.3, -0.25) is 4.79 Å². The molecule has 1 aromatic carbocycles. The van der Waals surface area contributed by atoms with Gasteiger partial charge in [0.05, 0.1) is 5.41 Å². The number of amides is 1. The molecule has 2 unspecified atom stereocenters. The first-order valence-electron chi connectivity index (χ1n) is 8.32. The van der Waals surface area contributed by atoms with Crippen molar-refractivity contribution in [2.45, 2.75) is 44.6 Å². The predicted molar refractivity (Wildman–Crippen MR) is 85.2 cm³/mol. The zero-order valence-corrected chi connectivity index (χ0v) is 13.1. The molecule has 3 nitrogen and oxygen atoms in total. The van der Waals surface area contributed by atoms with Crippen molar-refractivity contribution < 1.29 is 4.79 Å². The van der Waals surface area contributed by atoms with Crippen LogP contribution in [0.2, 0.25) is 0 Å². The van der Waals surface area contributed by atoms with E-state index in [2.05, 4.69) is 43.4 Å². The minimum absolute atomic E-state index is 0.269. The molecular weight excluding hydrogens is 260 g/mol. The summed E-state index contributed by atoms with van der Waals surface area (Å²) in [6, 6.07) is 10.9. The van der Waals surface area contributed by atoms with Gasteiger partial charge in [-0.25, -0.2) is 0 Å². The molecule has 1 aliphatic carbocycles. The van der Waals surface area contributed by atoms with Crippen LogP contribution in [0.5, 0.6) is 0 Å². The van der Waals surface area contributed by atoms with Crippen LogP contribution in [0.1, 0.15) is 38.7 Å². The summed E-state index contributed by atoms with van der Waals surface area (Å²) in [7, 11) is 0. The number of nitrogens with zero attached hydrogens (tertiary/aromatic N) is 1. The predicted octanol–water partition coefficient (Wildman–Crippen LogP) is 2.56. The fraction of sp³-hybridized carbons (Fsp3) is 0.611. The lowest BCUT2D eigenvalue weighted by atomic mass is 9.89. The molecule has 3 atom stereocenters. The van der Waals surface area contributed by atoms with E-state index >= 15 is 0 Å². The molecule has 1 aromatic rings. The summed E-state index contributed by atoms with van der Waals surface area (Å²) in [4.78, 5) is 15.2. The van der Waals surface area contributed by atoms with Crippen molar-refractivity contribution in [1.29, 1.82) is 0 Å². The van der Waals surface area contributed by atoms with Gasteiger partial charge in [0.15, 0.2) is 0 Å². The fourth-order valence-corrected chi connectivity index (χ4v) is 4.06. The molecule has 1 heterocycles. The summed E-state index contributed by atoms with van der Waals surface area (Å²) < 4.78 is 0. The SMILES string of the molecule is CCN(CC)C(=O)[C@]1(c2ccccc2)CC1C1CCCN1. The van der Waals surface area contributed by atoms with E-state index in [1.54, 1.807) is 0 Å². The molecule has 1 aliphatic heterocycles. The zero-order valence-electron chi connectivity index (χ0n) is 13.1. The Morgan fingerprint density at radius 2 is 2.00 bits per heavy atom. The van der Waals surface area contributed by atoms with Gasteiger partial charge in [-0.1, -0.05) is 30.3 Å². The third-order valence-corrected chi connectivity index (χ3v) is 5.32. The second-order valence-corrected chi connectivity index (χ2v) is 6.33. The lowest BCUT2D eigenvalue weighted by Crippen LogP contribution is -2.42. The molecule has 0 aromatic heterocycles. The van der Waals surface area contributed by atoms with Gasteiger partial charge < -0.3 is 10.2 Å². The van der Waals surface area contributed by atoms with Crippen molar-refractivity contribution in [3.8, 4) is 0 Å². The van der Waals surface area contributed by atoms with E-state index in [4.69, 9.17) is 0 Å². The van der Waals surface area contributed by atoms with Crippen molar-refractivity contribution in [3.63, 3.8) is 0 Å². The number of benzene rings is 1. The Kier molecular flexibility index (Phi) is 4.03. The van der Waals surface area contributed by atoms with Crippen LogP contribution in [0.4, 0.5) is 0 Å². The number of hydrogen-bond donors (Lipinski definition) is 1. The number of rotatable bonds is 5. The molecular formula is C18H26N2O. The molecule has 0 radical (unpaired) electrons. The summed E-state index contributed by atoms with van der Waals surface area (Å²) in [6.45, 7) is 6.85. The van der Waals surface area contributed by atoms with E-state index in [0.29, 0.717) is 17.9 Å². The summed E-state index contributed by atoms with van der Waals surface area (Å²) in [5.41, 5.74) is 0.940. The first-order valence-corrected chi connectivity index (χ1v) is 8.32. The molecule has 1 saturated carbocycles. The number of carbonyl (C=O) groups is 1. The van der Waals surface area contributed by atoms with Crippen LogP contribution in [0.3, 0.4) is 0 Å². The van der Waals surface area contributed by atoms with Gasteiger partial charge in [0.25, 0.3) is 0 Å². The molecule has 21 heavy (non-hydrogen) atoms. The zero-order chi connectivity index (χ0) is 14.9. The highest BCUT2D eigenvalue weighted by Crippen LogP contribution is 2.58. The largest absolute Gasteiger partial charge is 0.342 e. The molecule has 3 rings (SSSR count). The van der Waals surface area contributed by atoms with Crippen LogP contribution in [-0.2, 0) is 10.2 Å². The van der Waals surface area contributed by atoms with E-state index < -0.39 is 0 Å². The first-order chi connectivity index (χ1) is 10.2. The third kappa shape index (κ3) is 2.38. The van der Waals surface area contributed by atoms with Gasteiger partial charge in [0.1, 0.15) is 0 Å². The van der Waals surface area contributed by atoms with E-state index in [9.17, 15) is 4.79 Å². The normalized spacial score (nSPS) is 31.1. The molecule has 2 aliphatic rings. The molecule has 1 N–H and O–H groups in total. The van der Waals surface area contributed by atoms with E-state index in [1.807, 2.05) is 11.0 Å².